The van der Waals surface area contributed by atoms with Crippen molar-refractivity contribution in [3.8, 4) is 0 Å². The third kappa shape index (κ3) is 2.51. The van der Waals surface area contributed by atoms with Gasteiger partial charge in [0, 0.05) is 25.1 Å². The number of likely N-dealkylation sites (N-methyl/N-ethyl adjacent to an activating group) is 1. The average Bonchev–Trinajstić information content (AvgIpc) is 2.71. The highest BCUT2D eigenvalue weighted by Crippen LogP contribution is 2.33. The first-order valence-electron chi connectivity index (χ1n) is 5.92. The molecular formula is C13H15F2NO2. The lowest BCUT2D eigenvalue weighted by atomic mass is 9.89. The zero-order chi connectivity index (χ0) is 13.3. The second kappa shape index (κ2) is 5.02. The average molecular weight is 255 g/mol. The first-order chi connectivity index (χ1) is 8.51. The molecule has 1 saturated heterocycles. The molecule has 1 heterocycles. The Morgan fingerprint density at radius 1 is 1.33 bits per heavy atom. The molecule has 0 aromatic heterocycles. The summed E-state index contributed by atoms with van der Waals surface area (Å²) in [6, 6.07) is 3.25. The van der Waals surface area contributed by atoms with Crippen molar-refractivity contribution in [3.05, 3.63) is 35.4 Å². The summed E-state index contributed by atoms with van der Waals surface area (Å²) in [4.78, 5) is 13.2. The molecule has 1 aliphatic heterocycles. The summed E-state index contributed by atoms with van der Waals surface area (Å²) >= 11 is 0. The van der Waals surface area contributed by atoms with Crippen molar-refractivity contribution in [1.82, 2.24) is 4.90 Å². The smallest absolute Gasteiger partial charge is 0.308 e. The number of carboxylic acid groups (broad SMARTS) is 1. The minimum atomic E-state index is -0.916. The van der Waals surface area contributed by atoms with E-state index in [4.69, 9.17) is 0 Å². The van der Waals surface area contributed by atoms with Crippen molar-refractivity contribution in [3.63, 3.8) is 0 Å². The molecule has 0 radical (unpaired) electrons. The van der Waals surface area contributed by atoms with Crippen LogP contribution in [0.1, 0.15) is 18.4 Å². The summed E-state index contributed by atoms with van der Waals surface area (Å²) in [7, 11) is 0. The van der Waals surface area contributed by atoms with Crippen molar-refractivity contribution in [1.29, 1.82) is 0 Å². The Labute approximate surface area is 104 Å². The topological polar surface area (TPSA) is 40.5 Å². The zero-order valence-electron chi connectivity index (χ0n) is 10.1. The second-order valence-electron chi connectivity index (χ2n) is 4.61. The van der Waals surface area contributed by atoms with Crippen LogP contribution >= 0.6 is 0 Å². The van der Waals surface area contributed by atoms with Gasteiger partial charge >= 0.3 is 5.97 Å². The van der Waals surface area contributed by atoms with Gasteiger partial charge in [0.1, 0.15) is 11.6 Å². The summed E-state index contributed by atoms with van der Waals surface area (Å²) in [5.74, 6) is -3.20. The van der Waals surface area contributed by atoms with E-state index in [1.807, 2.05) is 11.8 Å². The van der Waals surface area contributed by atoms with Gasteiger partial charge in [-0.25, -0.2) is 8.78 Å². The van der Waals surface area contributed by atoms with Crippen molar-refractivity contribution in [2.45, 2.75) is 12.8 Å². The molecule has 2 rings (SSSR count). The van der Waals surface area contributed by atoms with E-state index in [9.17, 15) is 18.7 Å². The van der Waals surface area contributed by atoms with Crippen molar-refractivity contribution in [2.24, 2.45) is 5.92 Å². The van der Waals surface area contributed by atoms with Crippen LogP contribution in [0.25, 0.3) is 0 Å². The van der Waals surface area contributed by atoms with Gasteiger partial charge in [0.2, 0.25) is 0 Å². The molecule has 1 aliphatic rings. The van der Waals surface area contributed by atoms with E-state index in [-0.39, 0.29) is 5.92 Å². The van der Waals surface area contributed by atoms with Gasteiger partial charge < -0.3 is 10.0 Å². The predicted molar refractivity (Wildman–Crippen MR) is 62.3 cm³/mol. The first kappa shape index (κ1) is 13.0. The molecule has 1 N–H and O–H groups in total. The van der Waals surface area contributed by atoms with Gasteiger partial charge in [0.15, 0.2) is 0 Å². The molecule has 98 valence electrons. The number of carboxylic acids is 1. The molecule has 18 heavy (non-hydrogen) atoms. The van der Waals surface area contributed by atoms with E-state index in [0.717, 1.165) is 12.6 Å². The zero-order valence-corrected chi connectivity index (χ0v) is 10.1. The van der Waals surface area contributed by atoms with Gasteiger partial charge in [-0.3, -0.25) is 4.79 Å². The fourth-order valence-corrected chi connectivity index (χ4v) is 2.52. The van der Waals surface area contributed by atoms with Crippen LogP contribution in [0.3, 0.4) is 0 Å². The van der Waals surface area contributed by atoms with Crippen LogP contribution in [0, 0.1) is 17.6 Å². The molecular weight excluding hydrogens is 240 g/mol. The van der Waals surface area contributed by atoms with Gasteiger partial charge in [0.05, 0.1) is 5.92 Å². The normalized spacial score (nSPS) is 24.4. The number of nitrogens with zero attached hydrogens (tertiary/aromatic N) is 1. The van der Waals surface area contributed by atoms with Crippen molar-refractivity contribution < 1.29 is 18.7 Å². The number of halogens is 2. The summed E-state index contributed by atoms with van der Waals surface area (Å²) in [5, 5.41) is 9.18. The van der Waals surface area contributed by atoms with Crippen molar-refractivity contribution in [2.75, 3.05) is 19.6 Å². The third-order valence-electron chi connectivity index (χ3n) is 3.47. The van der Waals surface area contributed by atoms with Gasteiger partial charge in [-0.1, -0.05) is 6.92 Å². The van der Waals surface area contributed by atoms with Gasteiger partial charge in [0.25, 0.3) is 0 Å². The molecule has 2 atom stereocenters. The molecule has 1 aromatic rings. The number of rotatable bonds is 3. The molecule has 0 spiro atoms. The fraction of sp³-hybridized carbons (Fsp3) is 0.462. The Morgan fingerprint density at radius 2 is 1.94 bits per heavy atom. The molecule has 0 amide bonds. The number of hydrogen-bond acceptors (Lipinski definition) is 2. The van der Waals surface area contributed by atoms with E-state index in [1.54, 1.807) is 0 Å². The maximum Gasteiger partial charge on any atom is 0.308 e. The Balaban J connectivity index is 2.32. The minimum absolute atomic E-state index is 0.354. The SMILES string of the molecule is CCN1CC(C(=O)O)C(c2cc(F)cc(F)c2)C1. The summed E-state index contributed by atoms with van der Waals surface area (Å²) in [5.41, 5.74) is 0.427. The third-order valence-corrected chi connectivity index (χ3v) is 3.47. The monoisotopic (exact) mass is 255 g/mol. The van der Waals surface area contributed by atoms with E-state index in [2.05, 4.69) is 0 Å². The highest BCUT2D eigenvalue weighted by molar-refractivity contribution is 5.72. The Bertz CT molecular complexity index is 444. The van der Waals surface area contributed by atoms with Crippen LogP contribution in [0.15, 0.2) is 18.2 Å². The predicted octanol–water partition coefficient (Wildman–Crippen LogP) is 2.08. The number of aliphatic carboxylic acids is 1. The van der Waals surface area contributed by atoms with Crippen LogP contribution in [0.4, 0.5) is 8.78 Å². The standard InChI is InChI=1S/C13H15F2NO2/c1-2-16-6-11(12(7-16)13(17)18)8-3-9(14)5-10(15)4-8/h3-5,11-12H,2,6-7H2,1H3,(H,17,18). The first-order valence-corrected chi connectivity index (χ1v) is 5.92. The molecule has 0 aliphatic carbocycles. The maximum absolute atomic E-state index is 13.2. The number of carbonyl (C=O) groups is 1. The Kier molecular flexibility index (Phi) is 3.61. The lowest BCUT2D eigenvalue weighted by Crippen LogP contribution is -2.23. The molecule has 1 aromatic carbocycles. The van der Waals surface area contributed by atoms with Crippen LogP contribution in [0.2, 0.25) is 0 Å². The van der Waals surface area contributed by atoms with Gasteiger partial charge in [-0.05, 0) is 24.2 Å². The van der Waals surface area contributed by atoms with E-state index < -0.39 is 23.5 Å². The van der Waals surface area contributed by atoms with Crippen molar-refractivity contribution >= 4 is 5.97 Å². The van der Waals surface area contributed by atoms with Gasteiger partial charge in [-0.15, -0.1) is 0 Å². The Hall–Kier alpha value is -1.49. The molecule has 3 nitrogen and oxygen atoms in total. The quantitative estimate of drug-likeness (QED) is 0.899. The van der Waals surface area contributed by atoms with E-state index >= 15 is 0 Å². The summed E-state index contributed by atoms with van der Waals surface area (Å²) < 4.78 is 26.4. The van der Waals surface area contributed by atoms with Crippen LogP contribution in [-0.4, -0.2) is 35.6 Å². The lowest BCUT2D eigenvalue weighted by molar-refractivity contribution is -0.141. The summed E-state index contributed by atoms with van der Waals surface area (Å²) in [6.07, 6.45) is 0. The lowest BCUT2D eigenvalue weighted by Gasteiger charge is -2.15. The van der Waals surface area contributed by atoms with Crippen LogP contribution < -0.4 is 0 Å². The largest absolute Gasteiger partial charge is 0.481 e. The van der Waals surface area contributed by atoms with E-state index in [1.165, 1.54) is 12.1 Å². The van der Waals surface area contributed by atoms with Gasteiger partial charge in [-0.2, -0.15) is 0 Å². The molecule has 0 bridgehead atoms. The van der Waals surface area contributed by atoms with Crippen LogP contribution in [-0.2, 0) is 4.79 Å². The highest BCUT2D eigenvalue weighted by atomic mass is 19.1. The minimum Gasteiger partial charge on any atom is -0.481 e. The highest BCUT2D eigenvalue weighted by Gasteiger charge is 2.38. The Morgan fingerprint density at radius 3 is 2.44 bits per heavy atom. The fourth-order valence-electron chi connectivity index (χ4n) is 2.52. The molecule has 1 fully saturated rings. The second-order valence-corrected chi connectivity index (χ2v) is 4.61. The molecule has 2 unspecified atom stereocenters. The maximum atomic E-state index is 13.2. The number of likely N-dealkylation sites (tertiary alicyclic amines) is 1. The molecule has 0 saturated carbocycles. The molecule has 5 heteroatoms. The van der Waals surface area contributed by atoms with Crippen LogP contribution in [0.5, 0.6) is 0 Å². The number of hydrogen-bond donors (Lipinski definition) is 1. The van der Waals surface area contributed by atoms with E-state index in [0.29, 0.717) is 18.7 Å². The number of benzene rings is 1. The summed E-state index contributed by atoms with van der Waals surface area (Å²) in [6.45, 7) is 3.62.